The molecule has 1 heterocycles. The number of carbonyl (C=O) groups is 1. The van der Waals surface area contributed by atoms with Gasteiger partial charge in [-0.15, -0.1) is 0 Å². The van der Waals surface area contributed by atoms with Gasteiger partial charge in [-0.25, -0.2) is 4.79 Å². The summed E-state index contributed by atoms with van der Waals surface area (Å²) in [7, 11) is 0. The average Bonchev–Trinajstić information content (AvgIpc) is 2.67. The highest BCUT2D eigenvalue weighted by atomic mass is 16.5. The van der Waals surface area contributed by atoms with Crippen LogP contribution in [0.5, 0.6) is 5.75 Å². The van der Waals surface area contributed by atoms with Gasteiger partial charge in [-0.3, -0.25) is 19.1 Å². The van der Waals surface area contributed by atoms with Crippen LogP contribution in [-0.2, 0) is 16.8 Å². The van der Waals surface area contributed by atoms with Gasteiger partial charge in [0.2, 0.25) is 0 Å². The van der Waals surface area contributed by atoms with E-state index in [1.54, 1.807) is 6.07 Å². The molecule has 0 unspecified atom stereocenters. The largest absolute Gasteiger partial charge is 0.484 e. The first-order chi connectivity index (χ1) is 14.8. The summed E-state index contributed by atoms with van der Waals surface area (Å²) in [5.41, 5.74) is 5.97. The molecular weight excluding hydrogens is 408 g/mol. The highest BCUT2D eigenvalue weighted by Crippen LogP contribution is 2.26. The molecule has 1 aromatic carbocycles. The number of aromatic nitrogens is 2. The SMILES string of the molecule is CC(C)CN(C(=O)COc1cccc(C(C)(C)C)c1)c1c(N)n(CC(C)C)c(=O)[nH]c1=O. The molecule has 0 spiro atoms. The van der Waals surface area contributed by atoms with Crippen LogP contribution in [0.15, 0.2) is 33.9 Å². The Morgan fingerprint density at radius 2 is 1.81 bits per heavy atom. The molecule has 8 heteroatoms. The lowest BCUT2D eigenvalue weighted by molar-refractivity contribution is -0.120. The minimum Gasteiger partial charge on any atom is -0.484 e. The molecule has 32 heavy (non-hydrogen) atoms. The van der Waals surface area contributed by atoms with E-state index < -0.39 is 17.2 Å². The molecule has 0 aliphatic carbocycles. The second-order valence-corrected chi connectivity index (χ2v) is 9.96. The average molecular weight is 445 g/mol. The lowest BCUT2D eigenvalue weighted by atomic mass is 9.87. The molecule has 8 nitrogen and oxygen atoms in total. The Balaban J connectivity index is 2.38. The number of nitrogen functional groups attached to an aromatic ring is 1. The zero-order chi connectivity index (χ0) is 24.2. The fourth-order valence-corrected chi connectivity index (χ4v) is 3.34. The first kappa shape index (κ1) is 25.2. The van der Waals surface area contributed by atoms with Crippen molar-refractivity contribution < 1.29 is 9.53 Å². The number of carbonyl (C=O) groups excluding carboxylic acids is 1. The monoisotopic (exact) mass is 444 g/mol. The van der Waals surface area contributed by atoms with Crippen LogP contribution in [0.3, 0.4) is 0 Å². The maximum Gasteiger partial charge on any atom is 0.330 e. The zero-order valence-electron chi connectivity index (χ0n) is 20.2. The van der Waals surface area contributed by atoms with Crippen molar-refractivity contribution in [2.75, 3.05) is 23.8 Å². The second-order valence-electron chi connectivity index (χ2n) is 9.96. The molecule has 0 saturated heterocycles. The summed E-state index contributed by atoms with van der Waals surface area (Å²) >= 11 is 0. The highest BCUT2D eigenvalue weighted by Gasteiger charge is 2.26. The number of hydrogen-bond donors (Lipinski definition) is 2. The standard InChI is InChI=1S/C24H36N4O4/c1-15(2)12-27(20-21(25)28(13-16(3)4)23(31)26-22(20)30)19(29)14-32-18-10-8-9-17(11-18)24(5,6)7/h8-11,15-16H,12-14,25H2,1-7H3,(H,26,30,31). The summed E-state index contributed by atoms with van der Waals surface area (Å²) in [5.74, 6) is 0.332. The van der Waals surface area contributed by atoms with E-state index in [1.807, 2.05) is 45.9 Å². The molecule has 0 aliphatic heterocycles. The molecule has 0 aliphatic rings. The number of aromatic amines is 1. The third-order valence-electron chi connectivity index (χ3n) is 4.94. The summed E-state index contributed by atoms with van der Waals surface area (Å²) in [5, 5.41) is 0. The molecule has 0 fully saturated rings. The molecule has 0 radical (unpaired) electrons. The molecule has 176 valence electrons. The van der Waals surface area contributed by atoms with Gasteiger partial charge in [-0.05, 0) is 34.9 Å². The van der Waals surface area contributed by atoms with E-state index >= 15 is 0 Å². The van der Waals surface area contributed by atoms with E-state index in [4.69, 9.17) is 10.5 Å². The van der Waals surface area contributed by atoms with Crippen molar-refractivity contribution in [1.29, 1.82) is 0 Å². The Labute approximate surface area is 189 Å². The lowest BCUT2D eigenvalue weighted by Gasteiger charge is -2.26. The van der Waals surface area contributed by atoms with Crippen LogP contribution in [-0.4, -0.2) is 28.6 Å². The topological polar surface area (TPSA) is 110 Å². The second kappa shape index (κ2) is 10.1. The van der Waals surface area contributed by atoms with Gasteiger partial charge in [0.15, 0.2) is 12.3 Å². The van der Waals surface area contributed by atoms with E-state index in [9.17, 15) is 14.4 Å². The van der Waals surface area contributed by atoms with Crippen molar-refractivity contribution in [2.45, 2.75) is 60.4 Å². The Morgan fingerprint density at radius 3 is 2.38 bits per heavy atom. The summed E-state index contributed by atoms with van der Waals surface area (Å²) in [6.07, 6.45) is 0. The number of benzene rings is 1. The van der Waals surface area contributed by atoms with Gasteiger partial charge < -0.3 is 15.4 Å². The van der Waals surface area contributed by atoms with Crippen molar-refractivity contribution >= 4 is 17.4 Å². The molecular formula is C24H36N4O4. The Morgan fingerprint density at radius 1 is 1.16 bits per heavy atom. The van der Waals surface area contributed by atoms with Crippen LogP contribution in [0.25, 0.3) is 0 Å². The number of nitrogens with one attached hydrogen (secondary N) is 1. The number of nitrogens with two attached hydrogens (primary N) is 1. The van der Waals surface area contributed by atoms with Crippen molar-refractivity contribution in [1.82, 2.24) is 9.55 Å². The van der Waals surface area contributed by atoms with E-state index in [1.165, 1.54) is 9.47 Å². The molecule has 1 amide bonds. The van der Waals surface area contributed by atoms with Crippen LogP contribution in [0.2, 0.25) is 0 Å². The Hall–Kier alpha value is -3.03. The summed E-state index contributed by atoms with van der Waals surface area (Å²) in [6.45, 7) is 14.4. The predicted octanol–water partition coefficient (Wildman–Crippen LogP) is 3.14. The summed E-state index contributed by atoms with van der Waals surface area (Å²) < 4.78 is 7.07. The van der Waals surface area contributed by atoms with Gasteiger partial charge in [0.05, 0.1) is 0 Å². The van der Waals surface area contributed by atoms with Gasteiger partial charge in [-0.1, -0.05) is 60.6 Å². The Bertz CT molecular complexity index is 1060. The number of H-pyrrole nitrogens is 1. The van der Waals surface area contributed by atoms with Crippen LogP contribution in [0.4, 0.5) is 11.5 Å². The fourth-order valence-electron chi connectivity index (χ4n) is 3.34. The first-order valence-corrected chi connectivity index (χ1v) is 11.0. The van der Waals surface area contributed by atoms with Crippen molar-refractivity contribution in [3.63, 3.8) is 0 Å². The van der Waals surface area contributed by atoms with Crippen LogP contribution in [0.1, 0.15) is 54.0 Å². The first-order valence-electron chi connectivity index (χ1n) is 11.0. The van der Waals surface area contributed by atoms with Gasteiger partial charge >= 0.3 is 5.69 Å². The maximum atomic E-state index is 13.2. The number of amides is 1. The van der Waals surface area contributed by atoms with Crippen LogP contribution < -0.4 is 26.6 Å². The summed E-state index contributed by atoms with van der Waals surface area (Å²) in [6, 6.07) is 7.60. The minimum atomic E-state index is -0.684. The molecule has 2 rings (SSSR count). The van der Waals surface area contributed by atoms with Crippen molar-refractivity contribution in [2.24, 2.45) is 11.8 Å². The van der Waals surface area contributed by atoms with Crippen LogP contribution in [0, 0.1) is 11.8 Å². The smallest absolute Gasteiger partial charge is 0.330 e. The lowest BCUT2D eigenvalue weighted by Crippen LogP contribution is -2.44. The number of anilines is 2. The molecule has 0 atom stereocenters. The molecule has 0 bridgehead atoms. The van der Waals surface area contributed by atoms with Gasteiger partial charge in [0, 0.05) is 13.1 Å². The maximum absolute atomic E-state index is 13.2. The predicted molar refractivity (Wildman–Crippen MR) is 128 cm³/mol. The van der Waals surface area contributed by atoms with Crippen molar-refractivity contribution in [3.05, 3.63) is 50.7 Å². The van der Waals surface area contributed by atoms with Crippen molar-refractivity contribution in [3.8, 4) is 5.75 Å². The quantitative estimate of drug-likeness (QED) is 0.650. The van der Waals surface area contributed by atoms with Gasteiger partial charge in [0.1, 0.15) is 11.6 Å². The van der Waals surface area contributed by atoms with E-state index in [0.29, 0.717) is 12.3 Å². The minimum absolute atomic E-state index is 0.0174. The normalized spacial score (nSPS) is 11.8. The van der Waals surface area contributed by atoms with E-state index in [0.717, 1.165) is 5.56 Å². The van der Waals surface area contributed by atoms with Gasteiger partial charge in [-0.2, -0.15) is 0 Å². The van der Waals surface area contributed by atoms with Gasteiger partial charge in [0.25, 0.3) is 11.5 Å². The third kappa shape index (κ3) is 6.24. The molecule has 0 saturated carbocycles. The van der Waals surface area contributed by atoms with E-state index in [2.05, 4.69) is 25.8 Å². The molecule has 1 aromatic heterocycles. The fraction of sp³-hybridized carbons (Fsp3) is 0.542. The number of rotatable bonds is 8. The highest BCUT2D eigenvalue weighted by molar-refractivity contribution is 5.96. The molecule has 3 N–H and O–H groups in total. The van der Waals surface area contributed by atoms with E-state index in [-0.39, 0.29) is 41.9 Å². The number of nitrogens with zero attached hydrogens (tertiary/aromatic N) is 2. The number of ether oxygens (including phenoxy) is 1. The van der Waals surface area contributed by atoms with Crippen LogP contribution >= 0.6 is 0 Å². The Kier molecular flexibility index (Phi) is 7.93. The molecule has 2 aromatic rings. The zero-order valence-corrected chi connectivity index (χ0v) is 20.2. The number of hydrogen-bond acceptors (Lipinski definition) is 5. The summed E-state index contributed by atoms with van der Waals surface area (Å²) in [4.78, 5) is 41.7. The third-order valence-corrected chi connectivity index (χ3v) is 4.94.